The van der Waals surface area contributed by atoms with Gasteiger partial charge in [-0.3, -0.25) is 19.2 Å². The molecule has 77 heavy (non-hydrogen) atoms. The summed E-state index contributed by atoms with van der Waals surface area (Å²) in [5, 5.41) is 0. The molecular weight excluding hydrogens is 977 g/mol. The molecule has 1 heterocycles. The van der Waals surface area contributed by atoms with Gasteiger partial charge in [-0.25, -0.2) is 0 Å². The fourth-order valence-corrected chi connectivity index (χ4v) is 9.07. The molecule has 0 aromatic rings. The van der Waals surface area contributed by atoms with Crippen LogP contribution in [0.4, 0.5) is 0 Å². The number of Topliss-reactive ketones (excluding diaryl/α,β-unsaturated/α-hetero) is 1. The molecule has 450 valence electrons. The number of esters is 2. The number of hydrogen-bond acceptors (Lipinski definition) is 13. The number of amides is 1. The molecule has 14 heteroatoms. The van der Waals surface area contributed by atoms with E-state index in [1.54, 1.807) is 0 Å². The van der Waals surface area contributed by atoms with Crippen LogP contribution >= 0.6 is 0 Å². The Balaban J connectivity index is 2.52. The molecule has 1 atom stereocenters. The molecule has 1 aliphatic rings. The first-order valence-electron chi connectivity index (χ1n) is 31.4. The van der Waals surface area contributed by atoms with Crippen molar-refractivity contribution in [2.45, 2.75) is 232 Å². The van der Waals surface area contributed by atoms with Crippen molar-refractivity contribution in [2.24, 2.45) is 5.92 Å². The zero-order valence-corrected chi connectivity index (χ0v) is 49.9. The van der Waals surface area contributed by atoms with E-state index in [1.165, 1.54) is 70.6 Å². The molecule has 0 aromatic carbocycles. The predicted molar refractivity (Wildman–Crippen MR) is 311 cm³/mol. The highest BCUT2D eigenvalue weighted by atomic mass is 16.6. The minimum atomic E-state index is -0.694. The molecule has 0 saturated carbocycles. The van der Waals surface area contributed by atoms with Crippen LogP contribution in [0, 0.1) is 5.92 Å². The first kappa shape index (κ1) is 72.3. The summed E-state index contributed by atoms with van der Waals surface area (Å²) in [7, 11) is 2.07. The Morgan fingerprint density at radius 2 is 0.961 bits per heavy atom. The zero-order chi connectivity index (χ0) is 55.8. The Labute approximate surface area is 470 Å². The number of likely N-dealkylation sites (tertiary alicyclic amines) is 1. The van der Waals surface area contributed by atoms with E-state index < -0.39 is 6.10 Å². The van der Waals surface area contributed by atoms with E-state index in [4.69, 9.17) is 37.9 Å². The normalized spacial score (nSPS) is 13.8. The van der Waals surface area contributed by atoms with Crippen molar-refractivity contribution in [1.29, 1.82) is 0 Å². The van der Waals surface area contributed by atoms with Gasteiger partial charge in [-0.1, -0.05) is 154 Å². The Kier molecular flexibility index (Phi) is 53.1. The third-order valence-corrected chi connectivity index (χ3v) is 14.1. The van der Waals surface area contributed by atoms with Gasteiger partial charge in [-0.05, 0) is 97.2 Å². The number of unbranched alkanes of at least 4 members (excludes halogenated alkanes) is 21. The number of allylic oxidation sites excluding steroid dienone is 3. The van der Waals surface area contributed by atoms with E-state index in [1.807, 2.05) is 11.0 Å². The lowest BCUT2D eigenvalue weighted by Crippen LogP contribution is -2.45. The lowest BCUT2D eigenvalue weighted by atomic mass is 9.97. The molecule has 0 radical (unpaired) electrons. The molecule has 1 amide bonds. The maximum absolute atomic E-state index is 14.3. The van der Waals surface area contributed by atoms with Gasteiger partial charge in [0.2, 0.25) is 0 Å². The van der Waals surface area contributed by atoms with Gasteiger partial charge < -0.3 is 47.7 Å². The Bertz CT molecular complexity index is 1410. The Hall–Kier alpha value is -2.72. The summed E-state index contributed by atoms with van der Waals surface area (Å²) in [6.07, 6.45) is 40.5. The first-order valence-corrected chi connectivity index (χ1v) is 31.4. The van der Waals surface area contributed by atoms with Crippen LogP contribution in [0.5, 0.6) is 0 Å². The number of piperidine rings is 1. The average molecular weight is 1090 g/mol. The molecule has 1 aliphatic heterocycles. The minimum absolute atomic E-state index is 0.00421. The summed E-state index contributed by atoms with van der Waals surface area (Å²) in [5.41, 5.74) is 0. The second kappa shape index (κ2) is 56.6. The van der Waals surface area contributed by atoms with Crippen LogP contribution in [0.25, 0.3) is 0 Å². The van der Waals surface area contributed by atoms with Gasteiger partial charge in [-0.15, -0.1) is 0 Å². The summed E-state index contributed by atoms with van der Waals surface area (Å²) >= 11 is 0. The van der Waals surface area contributed by atoms with E-state index in [0.29, 0.717) is 111 Å². The minimum Gasteiger partial charge on any atom is -0.463 e. The smallest absolute Gasteiger partial charge is 0.309 e. The van der Waals surface area contributed by atoms with Gasteiger partial charge in [0.1, 0.15) is 19.0 Å². The van der Waals surface area contributed by atoms with Crippen molar-refractivity contribution in [3.8, 4) is 0 Å². The van der Waals surface area contributed by atoms with Crippen molar-refractivity contribution in [3.63, 3.8) is 0 Å². The summed E-state index contributed by atoms with van der Waals surface area (Å²) < 4.78 is 46.1. The second-order valence-corrected chi connectivity index (χ2v) is 21.2. The van der Waals surface area contributed by atoms with Gasteiger partial charge >= 0.3 is 11.9 Å². The monoisotopic (exact) mass is 1090 g/mol. The van der Waals surface area contributed by atoms with E-state index in [2.05, 4.69) is 50.9 Å². The Morgan fingerprint density at radius 3 is 1.58 bits per heavy atom. The number of ether oxygens (including phenoxy) is 8. The number of ketones is 1. The Morgan fingerprint density at radius 1 is 0.468 bits per heavy atom. The van der Waals surface area contributed by atoms with Crippen LogP contribution in [0.3, 0.4) is 0 Å². The third kappa shape index (κ3) is 47.8. The molecule has 1 rings (SSSR count). The molecule has 0 bridgehead atoms. The zero-order valence-electron chi connectivity index (χ0n) is 49.9. The van der Waals surface area contributed by atoms with Crippen molar-refractivity contribution >= 4 is 23.6 Å². The van der Waals surface area contributed by atoms with Gasteiger partial charge in [0.15, 0.2) is 6.10 Å². The fourth-order valence-electron chi connectivity index (χ4n) is 9.07. The third-order valence-electron chi connectivity index (χ3n) is 14.1. The maximum atomic E-state index is 14.3. The van der Waals surface area contributed by atoms with Crippen LogP contribution in [0.2, 0.25) is 0 Å². The van der Waals surface area contributed by atoms with E-state index in [0.717, 1.165) is 129 Å². The standard InChI is InChI=1S/C63H116N2O12/c1-5-8-11-14-17-18-22-29-36-59(66)37-30-23-20-28-34-46-75-60(57-74-45-33-26-21-24-31-38-61(67)76-47-35-27-19-15-12-9-6-2)62(68)65(41-32-25-16-13-10-7-3)44-48-70-49-50-71-51-52-72-53-54-73-55-56-77-63(69)58-39-42-64(4)43-40-58/h18,22,27,35,58,60H,5-17,19-21,23-26,28-34,36-57H2,1-4H3/b22-18-,35-27-. The van der Waals surface area contributed by atoms with E-state index in [9.17, 15) is 19.2 Å². The van der Waals surface area contributed by atoms with E-state index in [-0.39, 0.29) is 37.0 Å². The molecule has 0 N–H and O–H groups in total. The summed E-state index contributed by atoms with van der Waals surface area (Å²) in [5.74, 6) is 0.0525. The summed E-state index contributed by atoms with van der Waals surface area (Å²) in [4.78, 5) is 55.3. The largest absolute Gasteiger partial charge is 0.463 e. The van der Waals surface area contributed by atoms with Gasteiger partial charge in [0.25, 0.3) is 5.91 Å². The van der Waals surface area contributed by atoms with E-state index >= 15 is 0 Å². The lowest BCUT2D eigenvalue weighted by molar-refractivity contribution is -0.152. The van der Waals surface area contributed by atoms with Crippen molar-refractivity contribution < 1.29 is 57.1 Å². The number of rotatable bonds is 58. The predicted octanol–water partition coefficient (Wildman–Crippen LogP) is 13.2. The topological polar surface area (TPSA) is 149 Å². The number of nitrogens with zero attached hydrogens (tertiary/aromatic N) is 2. The van der Waals surface area contributed by atoms with Crippen LogP contribution in [-0.4, -0.2) is 159 Å². The molecule has 0 aromatic heterocycles. The highest BCUT2D eigenvalue weighted by Gasteiger charge is 2.26. The highest BCUT2D eigenvalue weighted by Crippen LogP contribution is 2.18. The molecule has 1 saturated heterocycles. The summed E-state index contributed by atoms with van der Waals surface area (Å²) in [6.45, 7) is 14.8. The quantitative estimate of drug-likeness (QED) is 0.0323. The van der Waals surface area contributed by atoms with Gasteiger partial charge in [0, 0.05) is 45.6 Å². The van der Waals surface area contributed by atoms with Crippen molar-refractivity contribution in [2.75, 3.05) is 119 Å². The van der Waals surface area contributed by atoms with Crippen molar-refractivity contribution in [3.05, 3.63) is 24.3 Å². The fraction of sp³-hybridized carbons (Fsp3) is 0.873. The number of carbonyl (C=O) groups is 4. The second-order valence-electron chi connectivity index (χ2n) is 21.2. The van der Waals surface area contributed by atoms with Gasteiger partial charge in [-0.2, -0.15) is 0 Å². The number of hydrogen-bond donors (Lipinski definition) is 0. The molecule has 1 fully saturated rings. The number of carbonyl (C=O) groups excluding carboxylic acids is 4. The molecule has 1 unspecified atom stereocenters. The van der Waals surface area contributed by atoms with Crippen LogP contribution in [0.1, 0.15) is 226 Å². The maximum Gasteiger partial charge on any atom is 0.309 e. The van der Waals surface area contributed by atoms with Crippen LogP contribution in [-0.2, 0) is 57.1 Å². The molecular formula is C63H116N2O12. The van der Waals surface area contributed by atoms with Crippen molar-refractivity contribution in [1.82, 2.24) is 9.80 Å². The molecule has 14 nitrogen and oxygen atoms in total. The lowest BCUT2D eigenvalue weighted by Gasteiger charge is -2.28. The SMILES string of the molecule is CCCCCC/C=C\CCC(=O)CCCCCCCOC(COCCCCCCCC(=O)OC/C=C\CCCCCC)C(=O)N(CCCCCCCC)CCOCCOCCOCCOCCOC(=O)C1CCN(C)CC1. The molecule has 0 aliphatic carbocycles. The van der Waals surface area contributed by atoms with Crippen LogP contribution < -0.4 is 0 Å². The van der Waals surface area contributed by atoms with Crippen LogP contribution in [0.15, 0.2) is 24.3 Å². The highest BCUT2D eigenvalue weighted by molar-refractivity contribution is 5.81. The summed E-state index contributed by atoms with van der Waals surface area (Å²) in [6, 6.07) is 0. The van der Waals surface area contributed by atoms with Gasteiger partial charge in [0.05, 0.1) is 65.4 Å². The molecule has 0 spiro atoms. The first-order chi connectivity index (χ1) is 37.8. The average Bonchev–Trinajstić information content (AvgIpc) is 3.43.